The molecule has 2 aromatic heterocycles. The topological polar surface area (TPSA) is 102 Å². The molecule has 2 rings (SSSR count). The van der Waals surface area contributed by atoms with Gasteiger partial charge in [0.05, 0.1) is 6.61 Å². The predicted octanol–water partition coefficient (Wildman–Crippen LogP) is 0.893. The number of nitrogens with one attached hydrogen (secondary N) is 2. The number of nitrogens with zero attached hydrogens (tertiary/aromatic N) is 3. The summed E-state index contributed by atoms with van der Waals surface area (Å²) in [7, 11) is 1.57. The summed E-state index contributed by atoms with van der Waals surface area (Å²) in [6.07, 6.45) is 1.49. The average Bonchev–Trinajstić information content (AvgIpc) is 2.84. The fourth-order valence-corrected chi connectivity index (χ4v) is 1.44. The van der Waals surface area contributed by atoms with Crippen LogP contribution in [0.4, 0.5) is 11.8 Å². The van der Waals surface area contributed by atoms with Crippen molar-refractivity contribution in [1.82, 2.24) is 20.4 Å². The van der Waals surface area contributed by atoms with Gasteiger partial charge in [0.15, 0.2) is 5.82 Å². The van der Waals surface area contributed by atoms with Gasteiger partial charge in [0.2, 0.25) is 5.95 Å². The fourth-order valence-electron chi connectivity index (χ4n) is 1.44. The van der Waals surface area contributed by atoms with Crippen molar-refractivity contribution >= 4 is 17.7 Å². The Kier molecular flexibility index (Phi) is 4.61. The van der Waals surface area contributed by atoms with E-state index in [2.05, 4.69) is 25.8 Å². The Morgan fingerprint density at radius 3 is 3.05 bits per heavy atom. The monoisotopic (exact) mass is 277 g/mol. The minimum Gasteiger partial charge on any atom is -0.383 e. The Hall–Kier alpha value is -2.48. The third-order valence-corrected chi connectivity index (χ3v) is 2.35. The highest BCUT2D eigenvalue weighted by atomic mass is 16.5. The van der Waals surface area contributed by atoms with Crippen LogP contribution in [0.1, 0.15) is 16.2 Å². The standard InChI is InChI=1S/C12H15N5O3/c1-8-7-10(17-20-8)16-12-14-4-3-9(15-12)11(18)13-5-6-19-2/h3-4,7H,5-6H2,1-2H3,(H,13,18)(H,14,15,16,17). The molecule has 0 aromatic carbocycles. The van der Waals surface area contributed by atoms with E-state index in [0.29, 0.717) is 24.7 Å². The number of aryl methyl sites for hydroxylation is 1. The molecule has 0 aliphatic carbocycles. The van der Waals surface area contributed by atoms with Crippen LogP contribution < -0.4 is 10.6 Å². The quantitative estimate of drug-likeness (QED) is 0.756. The molecular weight excluding hydrogens is 262 g/mol. The average molecular weight is 277 g/mol. The van der Waals surface area contributed by atoms with Crippen molar-refractivity contribution in [3.63, 3.8) is 0 Å². The Balaban J connectivity index is 2.02. The Morgan fingerprint density at radius 2 is 2.35 bits per heavy atom. The number of anilines is 2. The van der Waals surface area contributed by atoms with Crippen molar-refractivity contribution in [2.75, 3.05) is 25.6 Å². The second-order valence-electron chi connectivity index (χ2n) is 3.96. The van der Waals surface area contributed by atoms with Crippen molar-refractivity contribution in [3.05, 3.63) is 29.8 Å². The van der Waals surface area contributed by atoms with E-state index in [-0.39, 0.29) is 17.5 Å². The molecule has 0 aliphatic heterocycles. The van der Waals surface area contributed by atoms with Crippen LogP contribution in [0.5, 0.6) is 0 Å². The summed E-state index contributed by atoms with van der Waals surface area (Å²) in [5.41, 5.74) is 0.263. The van der Waals surface area contributed by atoms with E-state index >= 15 is 0 Å². The van der Waals surface area contributed by atoms with Gasteiger partial charge in [-0.25, -0.2) is 9.97 Å². The van der Waals surface area contributed by atoms with Crippen LogP contribution in [-0.2, 0) is 4.74 Å². The first-order valence-corrected chi connectivity index (χ1v) is 5.99. The zero-order valence-corrected chi connectivity index (χ0v) is 11.2. The Labute approximate surface area is 115 Å². The number of carbonyl (C=O) groups is 1. The number of amides is 1. The molecule has 0 radical (unpaired) electrons. The molecule has 0 fully saturated rings. The number of rotatable bonds is 6. The summed E-state index contributed by atoms with van der Waals surface area (Å²) in [6.45, 7) is 2.64. The number of carbonyl (C=O) groups excluding carboxylic acids is 1. The minimum absolute atomic E-state index is 0.263. The molecule has 0 aliphatic rings. The van der Waals surface area contributed by atoms with Crippen molar-refractivity contribution in [1.29, 1.82) is 0 Å². The van der Waals surface area contributed by atoms with Gasteiger partial charge >= 0.3 is 0 Å². The van der Waals surface area contributed by atoms with Gasteiger partial charge in [-0.1, -0.05) is 5.16 Å². The number of methoxy groups -OCH3 is 1. The number of aromatic nitrogens is 3. The molecule has 2 N–H and O–H groups in total. The van der Waals surface area contributed by atoms with Crippen LogP contribution >= 0.6 is 0 Å². The van der Waals surface area contributed by atoms with Gasteiger partial charge in [-0.05, 0) is 13.0 Å². The molecule has 2 heterocycles. The van der Waals surface area contributed by atoms with Crippen LogP contribution in [0.3, 0.4) is 0 Å². The SMILES string of the molecule is COCCNC(=O)c1ccnc(Nc2cc(C)on2)n1. The lowest BCUT2D eigenvalue weighted by Crippen LogP contribution is -2.27. The van der Waals surface area contributed by atoms with E-state index in [4.69, 9.17) is 9.26 Å². The lowest BCUT2D eigenvalue weighted by Gasteiger charge is -2.05. The van der Waals surface area contributed by atoms with E-state index in [1.165, 1.54) is 12.3 Å². The zero-order valence-electron chi connectivity index (χ0n) is 11.2. The maximum Gasteiger partial charge on any atom is 0.270 e. The van der Waals surface area contributed by atoms with Crippen LogP contribution in [0, 0.1) is 6.92 Å². The predicted molar refractivity (Wildman–Crippen MR) is 70.8 cm³/mol. The molecule has 0 atom stereocenters. The van der Waals surface area contributed by atoms with Gasteiger partial charge in [0.25, 0.3) is 5.91 Å². The molecule has 0 unspecified atom stereocenters. The van der Waals surface area contributed by atoms with Crippen molar-refractivity contribution in [2.24, 2.45) is 0 Å². The normalized spacial score (nSPS) is 10.3. The summed E-state index contributed by atoms with van der Waals surface area (Å²) in [4.78, 5) is 19.9. The third-order valence-electron chi connectivity index (χ3n) is 2.35. The maximum atomic E-state index is 11.8. The summed E-state index contributed by atoms with van der Waals surface area (Å²) in [6, 6.07) is 3.23. The highest BCUT2D eigenvalue weighted by molar-refractivity contribution is 5.92. The number of hydrogen-bond donors (Lipinski definition) is 2. The molecule has 8 nitrogen and oxygen atoms in total. The van der Waals surface area contributed by atoms with Gasteiger partial charge in [0.1, 0.15) is 11.5 Å². The van der Waals surface area contributed by atoms with Crippen molar-refractivity contribution in [3.8, 4) is 0 Å². The van der Waals surface area contributed by atoms with Crippen LogP contribution in [0.25, 0.3) is 0 Å². The van der Waals surface area contributed by atoms with Gasteiger partial charge in [-0.3, -0.25) is 4.79 Å². The molecular formula is C12H15N5O3. The summed E-state index contributed by atoms with van der Waals surface area (Å²) in [5.74, 6) is 1.14. The van der Waals surface area contributed by atoms with Gasteiger partial charge in [-0.15, -0.1) is 0 Å². The highest BCUT2D eigenvalue weighted by Crippen LogP contribution is 2.12. The molecule has 0 saturated heterocycles. The second-order valence-corrected chi connectivity index (χ2v) is 3.96. The molecule has 8 heteroatoms. The summed E-state index contributed by atoms with van der Waals surface area (Å²) < 4.78 is 9.77. The molecule has 0 bridgehead atoms. The smallest absolute Gasteiger partial charge is 0.270 e. The lowest BCUT2D eigenvalue weighted by molar-refractivity contribution is 0.0932. The second kappa shape index (κ2) is 6.62. The van der Waals surface area contributed by atoms with Gasteiger partial charge in [-0.2, -0.15) is 0 Å². The third kappa shape index (κ3) is 3.75. The summed E-state index contributed by atoms with van der Waals surface area (Å²) in [5, 5.41) is 9.30. The first-order chi connectivity index (χ1) is 9.69. The zero-order chi connectivity index (χ0) is 14.4. The Morgan fingerprint density at radius 1 is 1.50 bits per heavy atom. The van der Waals surface area contributed by atoms with E-state index < -0.39 is 0 Å². The molecule has 0 spiro atoms. The van der Waals surface area contributed by atoms with Crippen LogP contribution in [-0.4, -0.2) is 41.3 Å². The number of ether oxygens (including phenoxy) is 1. The van der Waals surface area contributed by atoms with E-state index in [1.807, 2.05) is 0 Å². The van der Waals surface area contributed by atoms with Crippen LogP contribution in [0.15, 0.2) is 22.9 Å². The van der Waals surface area contributed by atoms with E-state index in [0.717, 1.165) is 0 Å². The van der Waals surface area contributed by atoms with Crippen molar-refractivity contribution in [2.45, 2.75) is 6.92 Å². The van der Waals surface area contributed by atoms with E-state index in [1.54, 1.807) is 20.1 Å². The first kappa shape index (κ1) is 13.9. The first-order valence-electron chi connectivity index (χ1n) is 5.99. The van der Waals surface area contributed by atoms with Crippen LogP contribution in [0.2, 0.25) is 0 Å². The Bertz CT molecular complexity index is 584. The molecule has 106 valence electrons. The maximum absolute atomic E-state index is 11.8. The van der Waals surface area contributed by atoms with Crippen molar-refractivity contribution < 1.29 is 14.1 Å². The molecule has 1 amide bonds. The molecule has 0 saturated carbocycles. The lowest BCUT2D eigenvalue weighted by atomic mass is 10.4. The number of hydrogen-bond acceptors (Lipinski definition) is 7. The largest absolute Gasteiger partial charge is 0.383 e. The fraction of sp³-hybridized carbons (Fsp3) is 0.333. The van der Waals surface area contributed by atoms with E-state index in [9.17, 15) is 4.79 Å². The molecule has 20 heavy (non-hydrogen) atoms. The van der Waals surface area contributed by atoms with Gasteiger partial charge in [0, 0.05) is 25.9 Å². The molecule has 2 aromatic rings. The van der Waals surface area contributed by atoms with Gasteiger partial charge < -0.3 is 19.9 Å². The summed E-state index contributed by atoms with van der Waals surface area (Å²) >= 11 is 0. The highest BCUT2D eigenvalue weighted by Gasteiger charge is 2.09. The minimum atomic E-state index is -0.288.